The molecule has 2 amide bonds. The Morgan fingerprint density at radius 1 is 1.41 bits per heavy atom. The molecule has 3 N–H and O–H groups in total. The number of carbonyl (C=O) groups excluding carboxylic acids is 2. The van der Waals surface area contributed by atoms with Crippen LogP contribution in [0.5, 0.6) is 0 Å². The van der Waals surface area contributed by atoms with Crippen LogP contribution in [0.4, 0.5) is 0 Å². The molecular weight excluding hydrogens is 238 g/mol. The van der Waals surface area contributed by atoms with Gasteiger partial charge in [-0.25, -0.2) is 0 Å². The van der Waals surface area contributed by atoms with Crippen LogP contribution in [0.25, 0.3) is 0 Å². The van der Waals surface area contributed by atoms with Gasteiger partial charge in [-0.15, -0.1) is 11.8 Å². The van der Waals surface area contributed by atoms with Gasteiger partial charge in [0, 0.05) is 17.2 Å². The Morgan fingerprint density at radius 3 is 2.53 bits per heavy atom. The van der Waals surface area contributed by atoms with Crippen LogP contribution >= 0.6 is 11.8 Å². The van der Waals surface area contributed by atoms with Crippen molar-refractivity contribution in [2.45, 2.75) is 45.3 Å². The maximum Gasteiger partial charge on any atom is 0.242 e. The molecule has 0 aromatic carbocycles. The molecular formula is C11H21N3O2S. The molecule has 1 aliphatic heterocycles. The lowest BCUT2D eigenvalue weighted by molar-refractivity contribution is -0.130. The number of carbonyl (C=O) groups is 2. The van der Waals surface area contributed by atoms with Crippen LogP contribution in [0.3, 0.4) is 0 Å². The lowest BCUT2D eigenvalue weighted by Crippen LogP contribution is -2.54. The molecule has 1 saturated heterocycles. The van der Waals surface area contributed by atoms with Crippen molar-refractivity contribution in [3.63, 3.8) is 0 Å². The Balaban J connectivity index is 2.40. The highest BCUT2D eigenvalue weighted by Gasteiger charge is 2.26. The number of thioether (sulfide) groups is 1. The van der Waals surface area contributed by atoms with Crippen molar-refractivity contribution in [3.8, 4) is 0 Å². The summed E-state index contributed by atoms with van der Waals surface area (Å²) < 4.78 is 0. The monoisotopic (exact) mass is 259 g/mol. The molecule has 0 radical (unpaired) electrons. The van der Waals surface area contributed by atoms with Crippen molar-refractivity contribution in [1.82, 2.24) is 16.0 Å². The fourth-order valence-electron chi connectivity index (χ4n) is 1.42. The lowest BCUT2D eigenvalue weighted by Gasteiger charge is -2.24. The Bertz CT molecular complexity index is 296. The van der Waals surface area contributed by atoms with Crippen LogP contribution in [-0.2, 0) is 9.59 Å². The molecule has 1 heterocycles. The van der Waals surface area contributed by atoms with Gasteiger partial charge in [0.25, 0.3) is 0 Å². The summed E-state index contributed by atoms with van der Waals surface area (Å²) in [4.78, 5) is 23.5. The van der Waals surface area contributed by atoms with E-state index >= 15 is 0 Å². The largest absolute Gasteiger partial charge is 0.350 e. The van der Waals surface area contributed by atoms with E-state index in [-0.39, 0.29) is 23.4 Å². The summed E-state index contributed by atoms with van der Waals surface area (Å²) in [6.45, 7) is 7.43. The third kappa shape index (κ3) is 4.95. The molecule has 6 heteroatoms. The maximum atomic E-state index is 11.8. The lowest BCUT2D eigenvalue weighted by atomic mass is 10.1. The van der Waals surface area contributed by atoms with Gasteiger partial charge >= 0.3 is 0 Å². The maximum absolute atomic E-state index is 11.8. The fourth-order valence-corrected chi connectivity index (χ4v) is 2.36. The van der Waals surface area contributed by atoms with Crippen LogP contribution in [0, 0.1) is 0 Å². The number of hydrogen-bond donors (Lipinski definition) is 3. The van der Waals surface area contributed by atoms with E-state index in [1.165, 1.54) is 0 Å². The van der Waals surface area contributed by atoms with E-state index in [9.17, 15) is 9.59 Å². The van der Waals surface area contributed by atoms with E-state index < -0.39 is 6.04 Å². The Kier molecular flexibility index (Phi) is 4.82. The van der Waals surface area contributed by atoms with E-state index in [1.807, 2.05) is 20.8 Å². The van der Waals surface area contributed by atoms with E-state index in [0.29, 0.717) is 0 Å². The minimum absolute atomic E-state index is 0.105. The Labute approximate surface area is 106 Å². The van der Waals surface area contributed by atoms with Crippen molar-refractivity contribution >= 4 is 23.6 Å². The predicted octanol–water partition coefficient (Wildman–Crippen LogP) is 0.0683. The van der Waals surface area contributed by atoms with Crippen LogP contribution in [-0.4, -0.2) is 41.1 Å². The molecule has 0 aromatic heterocycles. The summed E-state index contributed by atoms with van der Waals surface area (Å²) in [6, 6.07) is -0.681. The van der Waals surface area contributed by atoms with Crippen molar-refractivity contribution in [2.24, 2.45) is 0 Å². The fraction of sp³-hybridized carbons (Fsp3) is 0.818. The van der Waals surface area contributed by atoms with Gasteiger partial charge in [0.2, 0.25) is 11.8 Å². The van der Waals surface area contributed by atoms with Crippen LogP contribution in [0.1, 0.15) is 27.7 Å². The third-order valence-electron chi connectivity index (χ3n) is 2.28. The molecule has 0 spiro atoms. The van der Waals surface area contributed by atoms with Gasteiger partial charge in [0.05, 0.1) is 6.04 Å². The smallest absolute Gasteiger partial charge is 0.242 e. The zero-order valence-electron chi connectivity index (χ0n) is 10.8. The Morgan fingerprint density at radius 2 is 2.06 bits per heavy atom. The first-order valence-electron chi connectivity index (χ1n) is 5.73. The van der Waals surface area contributed by atoms with Crippen LogP contribution in [0.15, 0.2) is 0 Å². The van der Waals surface area contributed by atoms with Crippen molar-refractivity contribution in [1.29, 1.82) is 0 Å². The zero-order valence-corrected chi connectivity index (χ0v) is 11.6. The average molecular weight is 259 g/mol. The summed E-state index contributed by atoms with van der Waals surface area (Å²) >= 11 is 1.68. The van der Waals surface area contributed by atoms with Gasteiger partial charge in [-0.2, -0.15) is 0 Å². The minimum Gasteiger partial charge on any atom is -0.350 e. The second kappa shape index (κ2) is 5.73. The summed E-state index contributed by atoms with van der Waals surface area (Å²) in [6.07, 6.45) is 0. The van der Waals surface area contributed by atoms with Crippen LogP contribution in [0.2, 0.25) is 0 Å². The molecule has 1 fully saturated rings. The van der Waals surface area contributed by atoms with Gasteiger partial charge < -0.3 is 10.6 Å². The molecule has 1 rings (SSSR count). The van der Waals surface area contributed by atoms with Gasteiger partial charge in [-0.3, -0.25) is 14.9 Å². The molecule has 2 unspecified atom stereocenters. The van der Waals surface area contributed by atoms with E-state index in [4.69, 9.17) is 0 Å². The Hall–Kier alpha value is -0.750. The van der Waals surface area contributed by atoms with E-state index in [1.54, 1.807) is 18.7 Å². The summed E-state index contributed by atoms with van der Waals surface area (Å²) in [5.41, 5.74) is -0.280. The quantitative estimate of drug-likeness (QED) is 0.671. The number of hydrogen-bond acceptors (Lipinski definition) is 4. The van der Waals surface area contributed by atoms with Gasteiger partial charge in [-0.1, -0.05) is 0 Å². The molecule has 0 aliphatic carbocycles. The molecule has 17 heavy (non-hydrogen) atoms. The van der Waals surface area contributed by atoms with Gasteiger partial charge in [-0.05, 0) is 27.7 Å². The van der Waals surface area contributed by atoms with Crippen molar-refractivity contribution in [3.05, 3.63) is 0 Å². The zero-order chi connectivity index (χ0) is 13.1. The average Bonchev–Trinajstić information content (AvgIpc) is 2.67. The summed E-state index contributed by atoms with van der Waals surface area (Å²) in [5, 5.41) is 8.62. The SMILES string of the molecule is CC(NC(=O)C1CSCN1)C(=O)NC(C)(C)C. The molecule has 0 saturated carbocycles. The van der Waals surface area contributed by atoms with Crippen molar-refractivity contribution < 1.29 is 9.59 Å². The van der Waals surface area contributed by atoms with Gasteiger partial charge in [0.15, 0.2) is 0 Å². The normalized spacial score (nSPS) is 22.0. The predicted molar refractivity (Wildman–Crippen MR) is 69.7 cm³/mol. The molecule has 1 aliphatic rings. The van der Waals surface area contributed by atoms with E-state index in [0.717, 1.165) is 11.6 Å². The molecule has 5 nitrogen and oxygen atoms in total. The number of rotatable bonds is 3. The number of amides is 2. The van der Waals surface area contributed by atoms with Crippen molar-refractivity contribution in [2.75, 3.05) is 11.6 Å². The highest BCUT2D eigenvalue weighted by molar-refractivity contribution is 7.99. The third-order valence-corrected chi connectivity index (χ3v) is 3.22. The second-order valence-corrected chi connectivity index (χ2v) is 6.27. The number of nitrogens with one attached hydrogen (secondary N) is 3. The molecule has 98 valence electrons. The van der Waals surface area contributed by atoms with E-state index in [2.05, 4.69) is 16.0 Å². The molecule has 0 bridgehead atoms. The molecule has 2 atom stereocenters. The van der Waals surface area contributed by atoms with Crippen LogP contribution < -0.4 is 16.0 Å². The van der Waals surface area contributed by atoms with Gasteiger partial charge in [0.1, 0.15) is 6.04 Å². The highest BCUT2D eigenvalue weighted by Crippen LogP contribution is 2.09. The molecule has 0 aromatic rings. The second-order valence-electron chi connectivity index (χ2n) is 5.24. The standard InChI is InChI=1S/C11H21N3O2S/c1-7(9(15)14-11(2,3)4)13-10(16)8-5-17-6-12-8/h7-8,12H,5-6H2,1-4H3,(H,13,16)(H,14,15). The first kappa shape index (κ1) is 14.3. The first-order chi connectivity index (χ1) is 7.79. The summed E-state index contributed by atoms with van der Waals surface area (Å²) in [5.74, 6) is 1.29. The highest BCUT2D eigenvalue weighted by atomic mass is 32.2. The summed E-state index contributed by atoms with van der Waals surface area (Å²) in [7, 11) is 0. The topological polar surface area (TPSA) is 70.2 Å². The first-order valence-corrected chi connectivity index (χ1v) is 6.88. The minimum atomic E-state index is -0.505.